The van der Waals surface area contributed by atoms with Crippen LogP contribution < -0.4 is 10.5 Å². The SMILES string of the molecule is COc1ccc(N)c(-c2nc3c(F)cccc3[nH]2)c1. The van der Waals surface area contributed by atoms with Crippen LogP contribution in [0.4, 0.5) is 10.1 Å². The lowest BCUT2D eigenvalue weighted by atomic mass is 10.1. The van der Waals surface area contributed by atoms with E-state index in [9.17, 15) is 4.39 Å². The Labute approximate surface area is 109 Å². The van der Waals surface area contributed by atoms with E-state index in [0.29, 0.717) is 33.9 Å². The molecule has 4 nitrogen and oxygen atoms in total. The number of aromatic amines is 1. The van der Waals surface area contributed by atoms with Crippen molar-refractivity contribution in [3.8, 4) is 17.1 Å². The average Bonchev–Trinajstić information content (AvgIpc) is 2.84. The van der Waals surface area contributed by atoms with Crippen molar-refractivity contribution in [3.05, 3.63) is 42.2 Å². The minimum Gasteiger partial charge on any atom is -0.497 e. The number of fused-ring (bicyclic) bond motifs is 1. The second-order valence-corrected chi connectivity index (χ2v) is 4.17. The molecule has 0 aliphatic heterocycles. The lowest BCUT2D eigenvalue weighted by Gasteiger charge is -2.05. The molecule has 0 fully saturated rings. The van der Waals surface area contributed by atoms with Crippen LogP contribution in [0.2, 0.25) is 0 Å². The van der Waals surface area contributed by atoms with Crippen molar-refractivity contribution in [2.24, 2.45) is 0 Å². The molecule has 3 aromatic rings. The molecule has 3 N–H and O–H groups in total. The van der Waals surface area contributed by atoms with Gasteiger partial charge in [-0.2, -0.15) is 0 Å². The van der Waals surface area contributed by atoms with Gasteiger partial charge >= 0.3 is 0 Å². The van der Waals surface area contributed by atoms with Crippen LogP contribution in [-0.4, -0.2) is 17.1 Å². The van der Waals surface area contributed by atoms with E-state index in [0.717, 1.165) is 0 Å². The predicted molar refractivity (Wildman–Crippen MR) is 72.5 cm³/mol. The second-order valence-electron chi connectivity index (χ2n) is 4.17. The normalized spacial score (nSPS) is 10.8. The Morgan fingerprint density at radius 2 is 2.11 bits per heavy atom. The number of nitrogen functional groups attached to an aromatic ring is 1. The minimum atomic E-state index is -0.360. The maximum absolute atomic E-state index is 13.6. The van der Waals surface area contributed by atoms with Gasteiger partial charge in [-0.15, -0.1) is 0 Å². The van der Waals surface area contributed by atoms with Gasteiger partial charge in [-0.3, -0.25) is 0 Å². The fourth-order valence-corrected chi connectivity index (χ4v) is 1.99. The van der Waals surface area contributed by atoms with E-state index in [4.69, 9.17) is 10.5 Å². The molecular weight excluding hydrogens is 245 g/mol. The Hall–Kier alpha value is -2.56. The Balaban J connectivity index is 2.21. The summed E-state index contributed by atoms with van der Waals surface area (Å²) >= 11 is 0. The topological polar surface area (TPSA) is 63.9 Å². The zero-order valence-corrected chi connectivity index (χ0v) is 10.3. The lowest BCUT2D eigenvalue weighted by Crippen LogP contribution is -1.93. The smallest absolute Gasteiger partial charge is 0.151 e. The third-order valence-electron chi connectivity index (χ3n) is 2.98. The van der Waals surface area contributed by atoms with Crippen LogP contribution in [0, 0.1) is 5.82 Å². The molecule has 0 saturated heterocycles. The van der Waals surface area contributed by atoms with Crippen LogP contribution in [0.15, 0.2) is 36.4 Å². The molecule has 5 heteroatoms. The molecule has 0 bridgehead atoms. The second kappa shape index (κ2) is 4.28. The number of nitrogens with two attached hydrogens (primary N) is 1. The number of nitrogens with one attached hydrogen (secondary N) is 1. The van der Waals surface area contributed by atoms with E-state index >= 15 is 0 Å². The van der Waals surface area contributed by atoms with E-state index in [1.807, 2.05) is 0 Å². The van der Waals surface area contributed by atoms with Crippen molar-refractivity contribution >= 4 is 16.7 Å². The molecule has 0 aliphatic carbocycles. The summed E-state index contributed by atoms with van der Waals surface area (Å²) in [6, 6.07) is 10.0. The summed E-state index contributed by atoms with van der Waals surface area (Å²) in [6.45, 7) is 0. The molecule has 0 atom stereocenters. The number of hydrogen-bond donors (Lipinski definition) is 2. The van der Waals surface area contributed by atoms with E-state index in [2.05, 4.69) is 9.97 Å². The summed E-state index contributed by atoms with van der Waals surface area (Å²) in [6.07, 6.45) is 0. The number of methoxy groups -OCH3 is 1. The van der Waals surface area contributed by atoms with Gasteiger partial charge in [0.05, 0.1) is 12.6 Å². The van der Waals surface area contributed by atoms with Gasteiger partial charge in [0, 0.05) is 11.3 Å². The lowest BCUT2D eigenvalue weighted by molar-refractivity contribution is 0.415. The maximum atomic E-state index is 13.6. The summed E-state index contributed by atoms with van der Waals surface area (Å²) in [5.41, 5.74) is 8.11. The van der Waals surface area contributed by atoms with Crippen molar-refractivity contribution in [2.45, 2.75) is 0 Å². The number of halogens is 1. The number of anilines is 1. The Morgan fingerprint density at radius 3 is 2.84 bits per heavy atom. The fourth-order valence-electron chi connectivity index (χ4n) is 1.99. The summed E-state index contributed by atoms with van der Waals surface area (Å²) in [5.74, 6) is 0.836. The number of aromatic nitrogens is 2. The zero-order chi connectivity index (χ0) is 13.4. The van der Waals surface area contributed by atoms with Gasteiger partial charge in [0.25, 0.3) is 0 Å². The average molecular weight is 257 g/mol. The van der Waals surface area contributed by atoms with Crippen molar-refractivity contribution < 1.29 is 9.13 Å². The first-order chi connectivity index (χ1) is 9.19. The molecule has 0 aliphatic rings. The number of para-hydroxylation sites is 1. The van der Waals surface area contributed by atoms with Crippen molar-refractivity contribution in [2.75, 3.05) is 12.8 Å². The molecule has 3 rings (SSSR count). The molecule has 0 unspecified atom stereocenters. The molecule has 2 aromatic carbocycles. The van der Waals surface area contributed by atoms with Crippen LogP contribution >= 0.6 is 0 Å². The van der Waals surface area contributed by atoms with Gasteiger partial charge in [0.2, 0.25) is 0 Å². The highest BCUT2D eigenvalue weighted by molar-refractivity contribution is 5.83. The first-order valence-electron chi connectivity index (χ1n) is 5.77. The summed E-state index contributed by atoms with van der Waals surface area (Å²) in [7, 11) is 1.58. The largest absolute Gasteiger partial charge is 0.497 e. The van der Waals surface area contributed by atoms with Gasteiger partial charge in [0.15, 0.2) is 5.82 Å². The highest BCUT2D eigenvalue weighted by atomic mass is 19.1. The molecule has 96 valence electrons. The Kier molecular flexibility index (Phi) is 2.59. The van der Waals surface area contributed by atoms with E-state index in [-0.39, 0.29) is 5.82 Å². The van der Waals surface area contributed by atoms with Crippen LogP contribution in [0.25, 0.3) is 22.4 Å². The first kappa shape index (κ1) is 11.5. The van der Waals surface area contributed by atoms with Crippen molar-refractivity contribution in [1.29, 1.82) is 0 Å². The molecule has 1 heterocycles. The molecule has 0 radical (unpaired) electrons. The fraction of sp³-hybridized carbons (Fsp3) is 0.0714. The standard InChI is InChI=1S/C14H12FN3O/c1-19-8-5-6-11(16)9(7-8)14-17-12-4-2-3-10(15)13(12)18-14/h2-7H,16H2,1H3,(H,17,18). The number of H-pyrrole nitrogens is 1. The number of benzene rings is 2. The van der Waals surface area contributed by atoms with Crippen LogP contribution in [0.1, 0.15) is 0 Å². The third kappa shape index (κ3) is 1.89. The third-order valence-corrected chi connectivity index (χ3v) is 2.98. The predicted octanol–water partition coefficient (Wildman–Crippen LogP) is 2.96. The number of ether oxygens (including phenoxy) is 1. The Morgan fingerprint density at radius 1 is 1.26 bits per heavy atom. The van der Waals surface area contributed by atoms with E-state index in [1.54, 1.807) is 37.4 Å². The molecular formula is C14H12FN3O. The Bertz CT molecular complexity index is 752. The van der Waals surface area contributed by atoms with Gasteiger partial charge < -0.3 is 15.5 Å². The monoisotopic (exact) mass is 257 g/mol. The van der Waals surface area contributed by atoms with Gasteiger partial charge in [-0.25, -0.2) is 9.37 Å². The van der Waals surface area contributed by atoms with Gasteiger partial charge in [-0.1, -0.05) is 6.07 Å². The minimum absolute atomic E-state index is 0.305. The quantitative estimate of drug-likeness (QED) is 0.694. The molecule has 19 heavy (non-hydrogen) atoms. The number of hydrogen-bond acceptors (Lipinski definition) is 3. The summed E-state index contributed by atoms with van der Waals surface area (Å²) < 4.78 is 18.8. The van der Waals surface area contributed by atoms with Crippen LogP contribution in [0.5, 0.6) is 5.75 Å². The molecule has 0 saturated carbocycles. The van der Waals surface area contributed by atoms with E-state index in [1.165, 1.54) is 6.07 Å². The van der Waals surface area contributed by atoms with Gasteiger partial charge in [0.1, 0.15) is 17.1 Å². The van der Waals surface area contributed by atoms with Crippen molar-refractivity contribution in [3.63, 3.8) is 0 Å². The molecule has 0 spiro atoms. The summed E-state index contributed by atoms with van der Waals surface area (Å²) in [5, 5.41) is 0. The molecule has 1 aromatic heterocycles. The number of nitrogens with zero attached hydrogens (tertiary/aromatic N) is 1. The van der Waals surface area contributed by atoms with Crippen LogP contribution in [0.3, 0.4) is 0 Å². The van der Waals surface area contributed by atoms with E-state index < -0.39 is 0 Å². The number of imidazole rings is 1. The summed E-state index contributed by atoms with van der Waals surface area (Å²) in [4.78, 5) is 7.31. The number of rotatable bonds is 2. The van der Waals surface area contributed by atoms with Gasteiger partial charge in [-0.05, 0) is 30.3 Å². The zero-order valence-electron chi connectivity index (χ0n) is 10.3. The highest BCUT2D eigenvalue weighted by Gasteiger charge is 2.11. The highest BCUT2D eigenvalue weighted by Crippen LogP contribution is 2.29. The molecule has 0 amide bonds. The van der Waals surface area contributed by atoms with Crippen LogP contribution in [-0.2, 0) is 0 Å². The maximum Gasteiger partial charge on any atom is 0.151 e. The first-order valence-corrected chi connectivity index (χ1v) is 5.77. The van der Waals surface area contributed by atoms with Crippen molar-refractivity contribution in [1.82, 2.24) is 9.97 Å².